The number of hydrogen-bond donors (Lipinski definition) is 2. The number of nitrogens with zero attached hydrogens (tertiary/aromatic N) is 4. The van der Waals surface area contributed by atoms with Gasteiger partial charge in [-0.3, -0.25) is 24.7 Å². The lowest BCUT2D eigenvalue weighted by Gasteiger charge is -2.20. The molecule has 0 atom stereocenters. The van der Waals surface area contributed by atoms with E-state index in [4.69, 9.17) is 10.5 Å². The van der Waals surface area contributed by atoms with Crippen LogP contribution in [-0.2, 0) is 23.0 Å². The van der Waals surface area contributed by atoms with Gasteiger partial charge in [-0.2, -0.15) is 5.01 Å². The molecule has 0 saturated carbocycles. The lowest BCUT2D eigenvalue weighted by molar-refractivity contribution is -0.253. The van der Waals surface area contributed by atoms with Crippen molar-refractivity contribution in [3.8, 4) is 5.69 Å². The Morgan fingerprint density at radius 1 is 0.818 bits per heavy atom. The van der Waals surface area contributed by atoms with E-state index in [1.807, 2.05) is 24.3 Å². The SMILES string of the molecule is CCN(CC)c1ccc(/C=C/C=c2\c(C)c3c(n(-c4ccc(COO)cc4)c2=O)=NN(c2ccc(COO)cc2)C3=O)cc1. The Balaban J connectivity index is 1.61. The standard InChI is InChI=1S/C34H34N4O6/c1-4-36(5-2)27-15-9-24(10-16-27)7-6-8-30-23(3)31-32(37(33(30)39)28-17-11-25(12-18-28)21-43-41)35-38(34(31)40)29-19-13-26(14-20-29)22-44-42/h6-20,41-42H,4-5,21-22H2,1-3H3/b7-6+,30-8+. The molecule has 0 fully saturated rings. The second-order valence-electron chi connectivity index (χ2n) is 10.3. The van der Waals surface area contributed by atoms with Crippen molar-refractivity contribution in [1.82, 2.24) is 4.57 Å². The summed E-state index contributed by atoms with van der Waals surface area (Å²) >= 11 is 0. The van der Waals surface area contributed by atoms with Gasteiger partial charge in [-0.05, 0) is 85.5 Å². The fraction of sp³-hybridized carbons (Fsp3) is 0.206. The topological polar surface area (TPSA) is 117 Å². The summed E-state index contributed by atoms with van der Waals surface area (Å²) in [6.07, 6.45) is 5.45. The number of hydrogen-bond acceptors (Lipinski definition) is 8. The predicted octanol–water partition coefficient (Wildman–Crippen LogP) is 4.66. The Morgan fingerprint density at radius 2 is 1.39 bits per heavy atom. The average Bonchev–Trinajstić information content (AvgIpc) is 3.38. The van der Waals surface area contributed by atoms with Crippen LogP contribution in [0.4, 0.5) is 11.4 Å². The van der Waals surface area contributed by atoms with E-state index >= 15 is 0 Å². The van der Waals surface area contributed by atoms with Crippen LogP contribution in [0.1, 0.15) is 46.5 Å². The molecule has 10 nitrogen and oxygen atoms in total. The molecule has 2 N–H and O–H groups in total. The molecule has 5 rings (SSSR count). The molecule has 0 unspecified atom stereocenters. The molecule has 1 aliphatic heterocycles. The quantitative estimate of drug-likeness (QED) is 0.192. The Bertz CT molecular complexity index is 1840. The van der Waals surface area contributed by atoms with Crippen LogP contribution in [0.25, 0.3) is 17.8 Å². The molecule has 4 aromatic rings. The number of aromatic nitrogens is 1. The van der Waals surface area contributed by atoms with E-state index in [9.17, 15) is 9.59 Å². The van der Waals surface area contributed by atoms with Crippen molar-refractivity contribution in [3.05, 3.63) is 128 Å². The molecule has 44 heavy (non-hydrogen) atoms. The highest BCUT2D eigenvalue weighted by molar-refractivity contribution is 6.08. The number of carbonyl (C=O) groups is 1. The fourth-order valence-electron chi connectivity index (χ4n) is 5.26. The molecule has 1 amide bonds. The second-order valence-corrected chi connectivity index (χ2v) is 10.3. The summed E-state index contributed by atoms with van der Waals surface area (Å²) in [6, 6.07) is 21.9. The lowest BCUT2D eigenvalue weighted by atomic mass is 10.1. The van der Waals surface area contributed by atoms with Crippen molar-refractivity contribution in [2.24, 2.45) is 5.10 Å². The van der Waals surface area contributed by atoms with E-state index in [2.05, 4.69) is 45.8 Å². The van der Waals surface area contributed by atoms with Gasteiger partial charge in [-0.1, -0.05) is 48.6 Å². The molecular weight excluding hydrogens is 560 g/mol. The van der Waals surface area contributed by atoms with Crippen molar-refractivity contribution in [2.45, 2.75) is 34.0 Å². The van der Waals surface area contributed by atoms with Gasteiger partial charge in [0.2, 0.25) is 0 Å². The molecule has 0 spiro atoms. The summed E-state index contributed by atoms with van der Waals surface area (Å²) in [4.78, 5) is 38.6. The van der Waals surface area contributed by atoms with Crippen molar-refractivity contribution in [1.29, 1.82) is 0 Å². The molecule has 0 aliphatic carbocycles. The summed E-state index contributed by atoms with van der Waals surface area (Å²) in [5.74, 6) is -0.367. The Hall–Kier alpha value is -4.87. The summed E-state index contributed by atoms with van der Waals surface area (Å²) in [5.41, 5.74) is 5.28. The third-order valence-corrected chi connectivity index (χ3v) is 7.66. The number of benzene rings is 3. The largest absolute Gasteiger partial charge is 0.372 e. The van der Waals surface area contributed by atoms with Crippen LogP contribution in [0, 0.1) is 6.92 Å². The molecule has 10 heteroatoms. The second kappa shape index (κ2) is 13.6. The summed E-state index contributed by atoms with van der Waals surface area (Å²) < 4.78 is 1.43. The number of carbonyl (C=O) groups excluding carboxylic acids is 1. The van der Waals surface area contributed by atoms with Crippen LogP contribution in [0.15, 0.2) is 88.8 Å². The molecule has 1 aliphatic rings. The smallest absolute Gasteiger partial charge is 0.282 e. The number of rotatable bonds is 11. The average molecular weight is 595 g/mol. The first-order chi connectivity index (χ1) is 21.4. The van der Waals surface area contributed by atoms with E-state index in [1.54, 1.807) is 61.5 Å². The maximum atomic E-state index is 14.1. The third kappa shape index (κ3) is 6.10. The highest BCUT2D eigenvalue weighted by Crippen LogP contribution is 2.22. The van der Waals surface area contributed by atoms with E-state index in [0.29, 0.717) is 38.8 Å². The van der Waals surface area contributed by atoms with Crippen molar-refractivity contribution < 1.29 is 25.1 Å². The first kappa shape index (κ1) is 30.6. The zero-order valence-electron chi connectivity index (χ0n) is 24.8. The maximum absolute atomic E-state index is 14.1. The number of allylic oxidation sites excluding steroid dienone is 1. The molecule has 2 heterocycles. The minimum Gasteiger partial charge on any atom is -0.372 e. The minimum atomic E-state index is -0.367. The van der Waals surface area contributed by atoms with Gasteiger partial charge >= 0.3 is 0 Å². The van der Waals surface area contributed by atoms with Gasteiger partial charge in [-0.15, -0.1) is 5.10 Å². The van der Waals surface area contributed by atoms with Gasteiger partial charge in [0.15, 0.2) is 5.49 Å². The number of amides is 1. The summed E-state index contributed by atoms with van der Waals surface area (Å²) in [5, 5.41) is 23.8. The number of anilines is 2. The van der Waals surface area contributed by atoms with Crippen LogP contribution < -0.4 is 26.2 Å². The lowest BCUT2D eigenvalue weighted by Crippen LogP contribution is -2.45. The number of pyridine rings is 1. The van der Waals surface area contributed by atoms with Gasteiger partial charge < -0.3 is 4.90 Å². The molecule has 0 saturated heterocycles. The molecule has 226 valence electrons. The summed E-state index contributed by atoms with van der Waals surface area (Å²) in [7, 11) is 0. The van der Waals surface area contributed by atoms with E-state index < -0.39 is 0 Å². The summed E-state index contributed by atoms with van der Waals surface area (Å²) in [6.45, 7) is 7.85. The van der Waals surface area contributed by atoms with Crippen LogP contribution in [0.5, 0.6) is 0 Å². The van der Waals surface area contributed by atoms with Crippen LogP contribution in [-0.4, -0.2) is 34.1 Å². The fourth-order valence-corrected chi connectivity index (χ4v) is 5.26. The normalized spacial score (nSPS) is 13.1. The Labute approximate surface area is 254 Å². The molecule has 0 radical (unpaired) electrons. The highest BCUT2D eigenvalue weighted by atomic mass is 17.1. The first-order valence-electron chi connectivity index (χ1n) is 14.3. The monoisotopic (exact) mass is 594 g/mol. The Morgan fingerprint density at radius 3 is 1.93 bits per heavy atom. The van der Waals surface area contributed by atoms with Gasteiger partial charge in [0.05, 0.1) is 16.9 Å². The van der Waals surface area contributed by atoms with Crippen molar-refractivity contribution in [2.75, 3.05) is 23.0 Å². The zero-order valence-corrected chi connectivity index (χ0v) is 24.8. The van der Waals surface area contributed by atoms with Crippen LogP contribution >= 0.6 is 0 Å². The van der Waals surface area contributed by atoms with Crippen molar-refractivity contribution in [3.63, 3.8) is 0 Å². The van der Waals surface area contributed by atoms with E-state index in [0.717, 1.165) is 24.3 Å². The van der Waals surface area contributed by atoms with Crippen molar-refractivity contribution >= 4 is 29.4 Å². The van der Waals surface area contributed by atoms with E-state index in [1.165, 1.54) is 9.58 Å². The molecular formula is C34H34N4O6. The van der Waals surface area contributed by atoms with Gasteiger partial charge in [-0.25, -0.2) is 9.78 Å². The van der Waals surface area contributed by atoms with Gasteiger partial charge in [0.25, 0.3) is 11.5 Å². The highest BCUT2D eigenvalue weighted by Gasteiger charge is 2.30. The first-order valence-corrected chi connectivity index (χ1v) is 14.3. The minimum absolute atomic E-state index is 0.00510. The van der Waals surface area contributed by atoms with Gasteiger partial charge in [0, 0.05) is 24.0 Å². The Kier molecular flexibility index (Phi) is 9.47. The van der Waals surface area contributed by atoms with Gasteiger partial charge in [0.1, 0.15) is 13.2 Å². The maximum Gasteiger partial charge on any atom is 0.282 e. The van der Waals surface area contributed by atoms with Crippen LogP contribution in [0.2, 0.25) is 0 Å². The number of fused-ring (bicyclic) bond motifs is 1. The van der Waals surface area contributed by atoms with Crippen LogP contribution in [0.3, 0.4) is 0 Å². The van der Waals surface area contributed by atoms with E-state index in [-0.39, 0.29) is 30.2 Å². The molecule has 1 aromatic heterocycles. The molecule has 0 bridgehead atoms. The third-order valence-electron chi connectivity index (χ3n) is 7.66. The predicted molar refractivity (Wildman–Crippen MR) is 169 cm³/mol. The molecule has 3 aromatic carbocycles. The zero-order chi connectivity index (χ0) is 31.2.